The Hall–Kier alpha value is -1.94. The molecule has 25 heavy (non-hydrogen) atoms. The maximum absolute atomic E-state index is 13.4. The van der Waals surface area contributed by atoms with Crippen molar-refractivity contribution in [3.8, 4) is 0 Å². The second-order valence-corrected chi connectivity index (χ2v) is 9.13. The number of thiazole rings is 1. The van der Waals surface area contributed by atoms with E-state index in [1.807, 2.05) is 11.6 Å². The molecule has 1 aliphatic heterocycles. The lowest BCUT2D eigenvalue weighted by atomic mass is 9.59. The first-order valence-corrected chi connectivity index (χ1v) is 9.77. The van der Waals surface area contributed by atoms with Crippen LogP contribution in [0.5, 0.6) is 0 Å². The van der Waals surface area contributed by atoms with Gasteiger partial charge >= 0.3 is 0 Å². The Morgan fingerprint density at radius 2 is 1.88 bits per heavy atom. The largest absolute Gasteiger partial charge is 0.342 e. The number of rotatable bonds is 2. The number of aromatic nitrogens is 1. The molecule has 0 fully saturated rings. The summed E-state index contributed by atoms with van der Waals surface area (Å²) in [6.07, 6.45) is 1.48. The minimum Gasteiger partial charge on any atom is -0.342 e. The third kappa shape index (κ3) is 2.30. The van der Waals surface area contributed by atoms with Crippen molar-refractivity contribution in [2.75, 3.05) is 5.32 Å². The number of hydrogen-bond donors (Lipinski definition) is 1. The summed E-state index contributed by atoms with van der Waals surface area (Å²) in [5.41, 5.74) is 4.69. The topological polar surface area (TPSA) is 42.0 Å². The lowest BCUT2D eigenvalue weighted by Gasteiger charge is -2.47. The molecule has 4 rings (SSSR count). The summed E-state index contributed by atoms with van der Waals surface area (Å²) < 4.78 is 0. The minimum atomic E-state index is -0.411. The van der Waals surface area contributed by atoms with E-state index >= 15 is 0 Å². The Bertz CT molecular complexity index is 863. The fourth-order valence-electron chi connectivity index (χ4n) is 4.62. The molecule has 0 saturated carbocycles. The van der Waals surface area contributed by atoms with Gasteiger partial charge in [0.1, 0.15) is 5.82 Å². The number of carbonyl (C=O) groups is 1. The summed E-state index contributed by atoms with van der Waals surface area (Å²) >= 11 is 1.65. The van der Waals surface area contributed by atoms with Crippen molar-refractivity contribution in [2.45, 2.75) is 46.0 Å². The molecule has 2 heterocycles. The predicted molar refractivity (Wildman–Crippen MR) is 103 cm³/mol. The van der Waals surface area contributed by atoms with Crippen LogP contribution in [0, 0.1) is 11.3 Å². The number of nitrogens with one attached hydrogen (secondary N) is 1. The Morgan fingerprint density at radius 1 is 1.16 bits per heavy atom. The van der Waals surface area contributed by atoms with E-state index in [1.165, 1.54) is 10.4 Å². The molecular weight excluding hydrogens is 328 g/mol. The summed E-state index contributed by atoms with van der Waals surface area (Å²) in [5, 5.41) is 3.50. The highest BCUT2D eigenvalue weighted by molar-refractivity contribution is 7.10. The highest BCUT2D eigenvalue weighted by Gasteiger charge is 2.53. The van der Waals surface area contributed by atoms with Gasteiger partial charge in [-0.05, 0) is 23.3 Å². The molecule has 2 aliphatic rings. The number of benzene rings is 1. The molecule has 1 atom stereocenters. The third-order valence-corrected chi connectivity index (χ3v) is 6.52. The van der Waals surface area contributed by atoms with Crippen LogP contribution in [0.25, 0.3) is 0 Å². The van der Waals surface area contributed by atoms with Crippen molar-refractivity contribution in [3.63, 3.8) is 0 Å². The van der Waals surface area contributed by atoms with Gasteiger partial charge in [0.15, 0.2) is 5.78 Å². The van der Waals surface area contributed by atoms with Crippen molar-refractivity contribution < 1.29 is 4.79 Å². The molecule has 1 aromatic heterocycles. The fourth-order valence-corrected chi connectivity index (χ4v) is 5.74. The number of anilines is 1. The first-order valence-electron chi connectivity index (χ1n) is 8.89. The van der Waals surface area contributed by atoms with Crippen molar-refractivity contribution in [1.82, 2.24) is 4.98 Å². The Kier molecular flexibility index (Phi) is 3.66. The van der Waals surface area contributed by atoms with E-state index in [9.17, 15) is 4.79 Å². The first-order chi connectivity index (χ1) is 11.9. The van der Waals surface area contributed by atoms with Crippen LogP contribution in [0.4, 0.5) is 5.82 Å². The van der Waals surface area contributed by atoms with Gasteiger partial charge in [0.2, 0.25) is 0 Å². The van der Waals surface area contributed by atoms with Gasteiger partial charge in [-0.15, -0.1) is 11.3 Å². The van der Waals surface area contributed by atoms with E-state index in [-0.39, 0.29) is 17.1 Å². The van der Waals surface area contributed by atoms with Crippen LogP contribution in [0.1, 0.15) is 51.0 Å². The Labute approximate surface area is 153 Å². The molecule has 0 spiro atoms. The lowest BCUT2D eigenvalue weighted by molar-refractivity contribution is -0.118. The summed E-state index contributed by atoms with van der Waals surface area (Å²) in [6.45, 7) is 8.79. The molecule has 4 heteroatoms. The monoisotopic (exact) mass is 352 g/mol. The standard InChI is InChI=1S/C21H24N2OS/c1-13(2)21(14-8-6-5-7-9-14)17-15(10-20(3,4)11-16(17)24)23-19-18(21)25-12-22-19/h5-9,12-13,23H,10-11H2,1-4H3. The normalized spacial score (nSPS) is 24.8. The SMILES string of the molecule is CC(C)C1(c2ccccc2)C2=C(CC(C)(C)CC2=O)Nc2ncsc21. The third-order valence-electron chi connectivity index (χ3n) is 5.56. The number of fused-ring (bicyclic) bond motifs is 1. The molecule has 2 aromatic rings. The number of hydrogen-bond acceptors (Lipinski definition) is 4. The van der Waals surface area contributed by atoms with Crippen LogP contribution >= 0.6 is 11.3 Å². The smallest absolute Gasteiger partial charge is 0.162 e. The van der Waals surface area contributed by atoms with Gasteiger partial charge in [-0.2, -0.15) is 0 Å². The van der Waals surface area contributed by atoms with E-state index < -0.39 is 5.41 Å². The first kappa shape index (κ1) is 16.5. The number of carbonyl (C=O) groups excluding carboxylic acids is 1. The van der Waals surface area contributed by atoms with E-state index in [1.54, 1.807) is 11.3 Å². The van der Waals surface area contributed by atoms with Gasteiger partial charge in [-0.25, -0.2) is 4.98 Å². The van der Waals surface area contributed by atoms with Gasteiger partial charge in [0, 0.05) is 17.7 Å². The molecule has 3 nitrogen and oxygen atoms in total. The molecule has 0 amide bonds. The molecule has 130 valence electrons. The van der Waals surface area contributed by atoms with Gasteiger partial charge in [0.25, 0.3) is 0 Å². The van der Waals surface area contributed by atoms with Crippen LogP contribution in [0.15, 0.2) is 47.1 Å². The zero-order valence-electron chi connectivity index (χ0n) is 15.2. The fraction of sp³-hybridized carbons (Fsp3) is 0.429. The van der Waals surface area contributed by atoms with Crippen LogP contribution in [-0.4, -0.2) is 10.8 Å². The number of Topliss-reactive ketones (excluding diaryl/α,β-unsaturated/α-hetero) is 1. The lowest BCUT2D eigenvalue weighted by Crippen LogP contribution is -2.46. The van der Waals surface area contributed by atoms with Gasteiger partial charge in [-0.1, -0.05) is 58.0 Å². The molecule has 0 bridgehead atoms. The molecular formula is C21H24N2OS. The average Bonchev–Trinajstić information content (AvgIpc) is 3.00. The van der Waals surface area contributed by atoms with Gasteiger partial charge < -0.3 is 5.32 Å². The molecule has 1 aromatic carbocycles. The van der Waals surface area contributed by atoms with Crippen LogP contribution < -0.4 is 5.32 Å². The molecule has 0 radical (unpaired) electrons. The number of allylic oxidation sites excluding steroid dienone is 2. The summed E-state index contributed by atoms with van der Waals surface area (Å²) in [5.74, 6) is 1.45. The van der Waals surface area contributed by atoms with Crippen LogP contribution in [0.3, 0.4) is 0 Å². The van der Waals surface area contributed by atoms with Crippen LogP contribution in [0.2, 0.25) is 0 Å². The Morgan fingerprint density at radius 3 is 2.56 bits per heavy atom. The summed E-state index contributed by atoms with van der Waals surface area (Å²) in [6, 6.07) is 10.5. The van der Waals surface area contributed by atoms with Crippen molar-refractivity contribution in [3.05, 3.63) is 57.6 Å². The predicted octanol–water partition coefficient (Wildman–Crippen LogP) is 5.15. The zero-order valence-corrected chi connectivity index (χ0v) is 16.0. The molecule has 0 saturated heterocycles. The molecule has 1 unspecified atom stereocenters. The van der Waals surface area contributed by atoms with E-state index in [0.717, 1.165) is 23.5 Å². The maximum atomic E-state index is 13.4. The highest BCUT2D eigenvalue weighted by atomic mass is 32.1. The number of nitrogens with zero attached hydrogens (tertiary/aromatic N) is 1. The minimum absolute atomic E-state index is 0.0180. The van der Waals surface area contributed by atoms with Gasteiger partial charge in [-0.3, -0.25) is 4.79 Å². The van der Waals surface area contributed by atoms with E-state index in [4.69, 9.17) is 0 Å². The zero-order chi connectivity index (χ0) is 17.8. The highest BCUT2D eigenvalue weighted by Crippen LogP contribution is 2.56. The van der Waals surface area contributed by atoms with Crippen LogP contribution in [-0.2, 0) is 10.2 Å². The molecule has 1 aliphatic carbocycles. The quantitative estimate of drug-likeness (QED) is 0.812. The van der Waals surface area contributed by atoms with E-state index in [0.29, 0.717) is 6.42 Å². The second-order valence-electron chi connectivity index (χ2n) is 8.28. The number of ketones is 1. The molecule has 1 N–H and O–H groups in total. The second kappa shape index (κ2) is 5.53. The Balaban J connectivity index is 2.07. The summed E-state index contributed by atoms with van der Waals surface area (Å²) in [4.78, 5) is 19.1. The van der Waals surface area contributed by atoms with Crippen molar-refractivity contribution in [2.24, 2.45) is 11.3 Å². The maximum Gasteiger partial charge on any atom is 0.162 e. The average molecular weight is 353 g/mol. The van der Waals surface area contributed by atoms with Crippen molar-refractivity contribution >= 4 is 22.9 Å². The summed E-state index contributed by atoms with van der Waals surface area (Å²) in [7, 11) is 0. The van der Waals surface area contributed by atoms with E-state index in [2.05, 4.69) is 62.3 Å². The van der Waals surface area contributed by atoms with Crippen molar-refractivity contribution in [1.29, 1.82) is 0 Å². The van der Waals surface area contributed by atoms with Gasteiger partial charge in [0.05, 0.1) is 15.8 Å².